The summed E-state index contributed by atoms with van der Waals surface area (Å²) in [4.78, 5) is 18.0. The number of aromatic nitrogens is 3. The Hall–Kier alpha value is -3.15. The van der Waals surface area contributed by atoms with Crippen LogP contribution in [0.1, 0.15) is 25.3 Å². The fraction of sp³-hybridized carbons (Fsp3) is 0.318. The maximum absolute atomic E-state index is 4.50. The summed E-state index contributed by atoms with van der Waals surface area (Å²) < 4.78 is 0. The van der Waals surface area contributed by atoms with E-state index < -0.39 is 0 Å². The number of rotatable bonds is 5. The van der Waals surface area contributed by atoms with Gasteiger partial charge in [0.05, 0.1) is 0 Å². The third kappa shape index (κ3) is 4.06. The van der Waals surface area contributed by atoms with Crippen LogP contribution in [-0.4, -0.2) is 41.1 Å². The number of pyridine rings is 1. The molecule has 1 saturated heterocycles. The lowest BCUT2D eigenvalue weighted by atomic mass is 10.0. The summed E-state index contributed by atoms with van der Waals surface area (Å²) in [5.74, 6) is 3.27. The molecule has 1 aliphatic heterocycles. The molecule has 0 amide bonds. The first kappa shape index (κ1) is 18.2. The first-order chi connectivity index (χ1) is 13.7. The molecule has 28 heavy (non-hydrogen) atoms. The van der Waals surface area contributed by atoms with Gasteiger partial charge in [0.1, 0.15) is 23.8 Å². The Bertz CT molecular complexity index is 904. The van der Waals surface area contributed by atoms with E-state index in [1.54, 1.807) is 6.33 Å². The molecular weight excluding hydrogens is 348 g/mol. The molecule has 4 rings (SSSR count). The lowest BCUT2D eigenvalue weighted by molar-refractivity contribution is 0.641. The molecule has 2 aromatic heterocycles. The normalized spacial score (nSPS) is 14.4. The van der Waals surface area contributed by atoms with Crippen LogP contribution < -0.4 is 15.1 Å². The maximum atomic E-state index is 4.50. The Kier molecular flexibility index (Phi) is 5.37. The fourth-order valence-corrected chi connectivity index (χ4v) is 3.55. The van der Waals surface area contributed by atoms with Gasteiger partial charge in [-0.1, -0.05) is 38.1 Å². The van der Waals surface area contributed by atoms with E-state index in [0.29, 0.717) is 5.92 Å². The zero-order valence-corrected chi connectivity index (χ0v) is 16.4. The minimum absolute atomic E-state index is 0.449. The Balaban J connectivity index is 1.45. The van der Waals surface area contributed by atoms with E-state index >= 15 is 0 Å². The Morgan fingerprint density at radius 1 is 0.821 bits per heavy atom. The minimum atomic E-state index is 0.449. The predicted molar refractivity (Wildman–Crippen MR) is 115 cm³/mol. The molecule has 1 fully saturated rings. The van der Waals surface area contributed by atoms with Gasteiger partial charge >= 0.3 is 0 Å². The van der Waals surface area contributed by atoms with Crippen LogP contribution in [0.25, 0.3) is 0 Å². The van der Waals surface area contributed by atoms with Gasteiger partial charge < -0.3 is 15.1 Å². The molecular formula is C22H26N6. The number of para-hydroxylation sites is 1. The number of hydrogen-bond acceptors (Lipinski definition) is 6. The zero-order chi connectivity index (χ0) is 19.3. The van der Waals surface area contributed by atoms with E-state index in [9.17, 15) is 0 Å². The number of benzene rings is 1. The van der Waals surface area contributed by atoms with Crippen molar-refractivity contribution < 1.29 is 0 Å². The second-order valence-electron chi connectivity index (χ2n) is 7.29. The highest BCUT2D eigenvalue weighted by molar-refractivity contribution is 5.63. The van der Waals surface area contributed by atoms with Gasteiger partial charge in [-0.25, -0.2) is 15.0 Å². The number of anilines is 4. The van der Waals surface area contributed by atoms with E-state index in [0.717, 1.165) is 49.3 Å². The summed E-state index contributed by atoms with van der Waals surface area (Å²) in [6.45, 7) is 8.09. The van der Waals surface area contributed by atoms with Crippen molar-refractivity contribution in [1.29, 1.82) is 0 Å². The van der Waals surface area contributed by atoms with Gasteiger partial charge in [-0.15, -0.1) is 0 Å². The lowest BCUT2D eigenvalue weighted by Crippen LogP contribution is -2.47. The first-order valence-electron chi connectivity index (χ1n) is 9.79. The standard InChI is InChI=1S/C22H26N6/c1-17(2)18-7-3-4-8-19(18)26-20-15-22(25-16-24-20)28-13-11-27(12-14-28)21-9-5-6-10-23-21/h3-10,15-17H,11-14H2,1-2H3,(H,24,25,26). The smallest absolute Gasteiger partial charge is 0.135 e. The minimum Gasteiger partial charge on any atom is -0.353 e. The summed E-state index contributed by atoms with van der Waals surface area (Å²) in [6.07, 6.45) is 3.49. The van der Waals surface area contributed by atoms with Gasteiger partial charge in [0.15, 0.2) is 0 Å². The lowest BCUT2D eigenvalue weighted by Gasteiger charge is -2.36. The van der Waals surface area contributed by atoms with Crippen molar-refractivity contribution in [2.45, 2.75) is 19.8 Å². The number of nitrogens with zero attached hydrogens (tertiary/aromatic N) is 5. The number of piperazine rings is 1. The molecule has 0 saturated carbocycles. The van der Waals surface area contributed by atoms with Gasteiger partial charge in [0, 0.05) is 44.1 Å². The maximum Gasteiger partial charge on any atom is 0.135 e. The van der Waals surface area contributed by atoms with Crippen LogP contribution in [-0.2, 0) is 0 Å². The van der Waals surface area contributed by atoms with Crippen LogP contribution in [0.2, 0.25) is 0 Å². The second-order valence-corrected chi connectivity index (χ2v) is 7.29. The van der Waals surface area contributed by atoms with Crippen molar-refractivity contribution in [3.63, 3.8) is 0 Å². The molecule has 3 heterocycles. The summed E-state index contributed by atoms with van der Waals surface area (Å²) in [7, 11) is 0. The van der Waals surface area contributed by atoms with Gasteiger partial charge in [-0.05, 0) is 29.7 Å². The molecule has 0 bridgehead atoms. The zero-order valence-electron chi connectivity index (χ0n) is 16.4. The van der Waals surface area contributed by atoms with E-state index in [2.05, 4.69) is 68.2 Å². The molecule has 3 aromatic rings. The van der Waals surface area contributed by atoms with Crippen LogP contribution in [0.3, 0.4) is 0 Å². The van der Waals surface area contributed by atoms with Crippen molar-refractivity contribution in [3.8, 4) is 0 Å². The number of hydrogen-bond donors (Lipinski definition) is 1. The molecule has 1 N–H and O–H groups in total. The molecule has 6 heteroatoms. The largest absolute Gasteiger partial charge is 0.353 e. The van der Waals surface area contributed by atoms with Gasteiger partial charge in [-0.3, -0.25) is 0 Å². The summed E-state index contributed by atoms with van der Waals surface area (Å²) in [6, 6.07) is 16.5. The quantitative estimate of drug-likeness (QED) is 0.727. The molecule has 0 radical (unpaired) electrons. The van der Waals surface area contributed by atoms with Crippen LogP contribution in [0.5, 0.6) is 0 Å². The van der Waals surface area contributed by atoms with Crippen molar-refractivity contribution in [1.82, 2.24) is 15.0 Å². The highest BCUT2D eigenvalue weighted by Crippen LogP contribution is 2.27. The van der Waals surface area contributed by atoms with Gasteiger partial charge in [0.2, 0.25) is 0 Å². The number of nitrogens with one attached hydrogen (secondary N) is 1. The van der Waals surface area contributed by atoms with Crippen LogP contribution >= 0.6 is 0 Å². The molecule has 0 unspecified atom stereocenters. The third-order valence-corrected chi connectivity index (χ3v) is 5.08. The molecule has 0 spiro atoms. The monoisotopic (exact) mass is 374 g/mol. The SMILES string of the molecule is CC(C)c1ccccc1Nc1cc(N2CCN(c3ccccn3)CC2)ncn1. The fourth-order valence-electron chi connectivity index (χ4n) is 3.55. The molecule has 1 aromatic carbocycles. The van der Waals surface area contributed by atoms with E-state index in [4.69, 9.17) is 0 Å². The van der Waals surface area contributed by atoms with Crippen LogP contribution in [0.4, 0.5) is 23.1 Å². The Labute approximate surface area is 166 Å². The Morgan fingerprint density at radius 3 is 2.25 bits per heavy atom. The van der Waals surface area contributed by atoms with E-state index in [1.807, 2.05) is 30.5 Å². The molecule has 144 valence electrons. The van der Waals surface area contributed by atoms with E-state index in [1.165, 1.54) is 5.56 Å². The molecule has 1 aliphatic rings. The van der Waals surface area contributed by atoms with Crippen molar-refractivity contribution in [2.24, 2.45) is 0 Å². The van der Waals surface area contributed by atoms with Gasteiger partial charge in [-0.2, -0.15) is 0 Å². The first-order valence-corrected chi connectivity index (χ1v) is 9.79. The summed E-state index contributed by atoms with van der Waals surface area (Å²) >= 11 is 0. The van der Waals surface area contributed by atoms with Crippen LogP contribution in [0.15, 0.2) is 61.1 Å². The molecule has 6 nitrogen and oxygen atoms in total. The van der Waals surface area contributed by atoms with Crippen molar-refractivity contribution in [2.75, 3.05) is 41.3 Å². The highest BCUT2D eigenvalue weighted by Gasteiger charge is 2.19. The summed E-state index contributed by atoms with van der Waals surface area (Å²) in [5.41, 5.74) is 2.38. The third-order valence-electron chi connectivity index (χ3n) is 5.08. The highest BCUT2D eigenvalue weighted by atomic mass is 15.3. The van der Waals surface area contributed by atoms with Crippen molar-refractivity contribution in [3.05, 3.63) is 66.6 Å². The Morgan fingerprint density at radius 2 is 1.54 bits per heavy atom. The molecule has 0 atom stereocenters. The second kappa shape index (κ2) is 8.25. The average Bonchev–Trinajstić information content (AvgIpc) is 2.75. The average molecular weight is 374 g/mol. The van der Waals surface area contributed by atoms with Crippen molar-refractivity contribution >= 4 is 23.1 Å². The predicted octanol–water partition coefficient (Wildman–Crippen LogP) is 4.07. The molecule has 0 aliphatic carbocycles. The van der Waals surface area contributed by atoms with Gasteiger partial charge in [0.25, 0.3) is 0 Å². The van der Waals surface area contributed by atoms with E-state index in [-0.39, 0.29) is 0 Å². The van der Waals surface area contributed by atoms with Crippen LogP contribution in [0, 0.1) is 0 Å². The summed E-state index contributed by atoms with van der Waals surface area (Å²) in [5, 5.41) is 3.47. The topological polar surface area (TPSA) is 57.2 Å².